The van der Waals surface area contributed by atoms with Gasteiger partial charge in [-0.2, -0.15) is 0 Å². The molecular weight excluding hydrogens is 212 g/mol. The van der Waals surface area contributed by atoms with E-state index in [-0.39, 0.29) is 11.3 Å². The van der Waals surface area contributed by atoms with E-state index in [1.807, 2.05) is 13.8 Å². The van der Waals surface area contributed by atoms with Crippen LogP contribution in [0.25, 0.3) is 0 Å². The first-order valence-corrected chi connectivity index (χ1v) is 5.38. The number of alkyl halides is 1. The normalized spacial score (nSPS) is 12.5. The lowest BCUT2D eigenvalue weighted by Gasteiger charge is -2.13. The Bertz CT molecular complexity index is 314. The van der Waals surface area contributed by atoms with Gasteiger partial charge in [0, 0.05) is 12.7 Å². The van der Waals surface area contributed by atoms with Crippen LogP contribution in [0.3, 0.4) is 0 Å². The highest BCUT2D eigenvalue weighted by Crippen LogP contribution is 2.07. The van der Waals surface area contributed by atoms with Crippen LogP contribution >= 0.6 is 11.6 Å². The van der Waals surface area contributed by atoms with Gasteiger partial charge in [0.15, 0.2) is 0 Å². The zero-order valence-electron chi connectivity index (χ0n) is 8.90. The lowest BCUT2D eigenvalue weighted by atomic mass is 10.1. The molecule has 0 aliphatic rings. The number of rotatable bonds is 4. The third-order valence-corrected chi connectivity index (χ3v) is 2.74. The van der Waals surface area contributed by atoms with Crippen molar-refractivity contribution in [2.24, 2.45) is 5.92 Å². The highest BCUT2D eigenvalue weighted by molar-refractivity contribution is 6.21. The van der Waals surface area contributed by atoms with E-state index in [0.717, 1.165) is 0 Å². The molecule has 1 aromatic rings. The second-order valence-electron chi connectivity index (χ2n) is 3.69. The number of pyridine rings is 1. The predicted molar refractivity (Wildman–Crippen MR) is 61.0 cm³/mol. The third-order valence-electron chi connectivity index (χ3n) is 2.08. The summed E-state index contributed by atoms with van der Waals surface area (Å²) in [6.07, 6.45) is 1.59. The number of carbonyl (C=O) groups excluding carboxylic acids is 1. The maximum atomic E-state index is 11.5. The fourth-order valence-electron chi connectivity index (χ4n) is 1.01. The summed E-state index contributed by atoms with van der Waals surface area (Å²) < 4.78 is 0. The molecule has 0 bridgehead atoms. The Balaban J connectivity index is 2.44. The van der Waals surface area contributed by atoms with Crippen molar-refractivity contribution in [3.8, 4) is 0 Å². The molecule has 1 N–H and O–H groups in total. The van der Waals surface area contributed by atoms with Crippen molar-refractivity contribution in [2.45, 2.75) is 19.2 Å². The minimum atomic E-state index is -0.179. The van der Waals surface area contributed by atoms with Gasteiger partial charge in [-0.1, -0.05) is 19.9 Å². The van der Waals surface area contributed by atoms with E-state index in [1.165, 1.54) is 0 Å². The van der Waals surface area contributed by atoms with Crippen molar-refractivity contribution in [1.82, 2.24) is 10.3 Å². The number of nitrogens with one attached hydrogen (secondary N) is 1. The molecule has 0 fully saturated rings. The standard InChI is InChI=1S/C11H15ClN2O/c1-8(2)9(12)7-14-11(15)10-5-3-4-6-13-10/h3-6,8-9H,7H2,1-2H3,(H,14,15). The summed E-state index contributed by atoms with van der Waals surface area (Å²) in [6, 6.07) is 5.23. The highest BCUT2D eigenvalue weighted by atomic mass is 35.5. The Morgan fingerprint density at radius 2 is 2.27 bits per heavy atom. The molecular formula is C11H15ClN2O. The van der Waals surface area contributed by atoms with Gasteiger partial charge in [-0.25, -0.2) is 0 Å². The minimum Gasteiger partial charge on any atom is -0.349 e. The van der Waals surface area contributed by atoms with E-state index < -0.39 is 0 Å². The molecule has 15 heavy (non-hydrogen) atoms. The molecule has 0 radical (unpaired) electrons. The predicted octanol–water partition coefficient (Wildman–Crippen LogP) is 2.07. The first kappa shape index (κ1) is 12.0. The van der Waals surface area contributed by atoms with E-state index in [0.29, 0.717) is 18.2 Å². The van der Waals surface area contributed by atoms with Crippen molar-refractivity contribution in [1.29, 1.82) is 0 Å². The molecule has 0 saturated heterocycles. The van der Waals surface area contributed by atoms with Crippen molar-refractivity contribution < 1.29 is 4.79 Å². The highest BCUT2D eigenvalue weighted by Gasteiger charge is 2.12. The van der Waals surface area contributed by atoms with Gasteiger partial charge in [0.1, 0.15) is 5.69 Å². The summed E-state index contributed by atoms with van der Waals surface area (Å²) in [6.45, 7) is 4.50. The van der Waals surface area contributed by atoms with Crippen LogP contribution in [0.4, 0.5) is 0 Å². The van der Waals surface area contributed by atoms with Crippen LogP contribution < -0.4 is 5.32 Å². The van der Waals surface area contributed by atoms with Crippen LogP contribution in [-0.4, -0.2) is 22.8 Å². The lowest BCUT2D eigenvalue weighted by molar-refractivity contribution is 0.0947. The Morgan fingerprint density at radius 1 is 1.53 bits per heavy atom. The molecule has 0 spiro atoms. The maximum Gasteiger partial charge on any atom is 0.269 e. The SMILES string of the molecule is CC(C)C(Cl)CNC(=O)c1ccccn1. The molecule has 82 valence electrons. The molecule has 1 rings (SSSR count). The molecule has 3 nitrogen and oxygen atoms in total. The van der Waals surface area contributed by atoms with Gasteiger partial charge >= 0.3 is 0 Å². The number of amides is 1. The summed E-state index contributed by atoms with van der Waals surface area (Å²) in [7, 11) is 0. The van der Waals surface area contributed by atoms with Crippen LogP contribution in [0.5, 0.6) is 0 Å². The monoisotopic (exact) mass is 226 g/mol. The molecule has 0 aliphatic carbocycles. The fourth-order valence-corrected chi connectivity index (χ4v) is 1.09. The molecule has 0 saturated carbocycles. The zero-order valence-corrected chi connectivity index (χ0v) is 9.66. The van der Waals surface area contributed by atoms with Gasteiger partial charge in [-0.3, -0.25) is 9.78 Å². The summed E-state index contributed by atoms with van der Waals surface area (Å²) in [5.74, 6) is 0.164. The largest absolute Gasteiger partial charge is 0.349 e. The summed E-state index contributed by atoms with van der Waals surface area (Å²) in [5, 5.41) is 2.70. The quantitative estimate of drug-likeness (QED) is 0.799. The van der Waals surface area contributed by atoms with Crippen molar-refractivity contribution >= 4 is 17.5 Å². The number of nitrogens with zero attached hydrogens (tertiary/aromatic N) is 1. The van der Waals surface area contributed by atoms with Crippen molar-refractivity contribution in [2.75, 3.05) is 6.54 Å². The van der Waals surface area contributed by atoms with Crippen LogP contribution in [-0.2, 0) is 0 Å². The van der Waals surface area contributed by atoms with E-state index >= 15 is 0 Å². The average Bonchev–Trinajstić information content (AvgIpc) is 2.26. The second-order valence-corrected chi connectivity index (χ2v) is 4.25. The van der Waals surface area contributed by atoms with Crippen LogP contribution in [0.15, 0.2) is 24.4 Å². The number of carbonyl (C=O) groups is 1. The van der Waals surface area contributed by atoms with Crippen LogP contribution in [0.1, 0.15) is 24.3 Å². The first-order chi connectivity index (χ1) is 7.11. The second kappa shape index (κ2) is 5.71. The molecule has 1 unspecified atom stereocenters. The summed E-state index contributed by atoms with van der Waals surface area (Å²) in [4.78, 5) is 15.5. The summed E-state index contributed by atoms with van der Waals surface area (Å²) >= 11 is 6.01. The van der Waals surface area contributed by atoms with Gasteiger partial charge in [-0.15, -0.1) is 11.6 Å². The molecule has 0 aliphatic heterocycles. The van der Waals surface area contributed by atoms with Crippen LogP contribution in [0.2, 0.25) is 0 Å². The number of hydrogen-bond acceptors (Lipinski definition) is 2. The molecule has 1 heterocycles. The van der Waals surface area contributed by atoms with Crippen LogP contribution in [0, 0.1) is 5.92 Å². The minimum absolute atomic E-state index is 0.0438. The third kappa shape index (κ3) is 3.88. The van der Waals surface area contributed by atoms with Gasteiger partial charge in [-0.05, 0) is 18.1 Å². The average molecular weight is 227 g/mol. The summed E-state index contributed by atoms with van der Waals surface area (Å²) in [5.41, 5.74) is 0.421. The topological polar surface area (TPSA) is 42.0 Å². The molecule has 1 aromatic heterocycles. The molecule has 0 aromatic carbocycles. The Hall–Kier alpha value is -1.09. The van der Waals surface area contributed by atoms with E-state index in [1.54, 1.807) is 24.4 Å². The first-order valence-electron chi connectivity index (χ1n) is 4.94. The zero-order chi connectivity index (χ0) is 11.3. The number of aromatic nitrogens is 1. The smallest absolute Gasteiger partial charge is 0.269 e. The van der Waals surface area contributed by atoms with Gasteiger partial charge in [0.25, 0.3) is 5.91 Å². The van der Waals surface area contributed by atoms with Gasteiger partial charge in [0.2, 0.25) is 0 Å². The lowest BCUT2D eigenvalue weighted by Crippen LogP contribution is -2.32. The van der Waals surface area contributed by atoms with E-state index in [9.17, 15) is 4.79 Å². The number of hydrogen-bond donors (Lipinski definition) is 1. The van der Waals surface area contributed by atoms with Crippen molar-refractivity contribution in [3.05, 3.63) is 30.1 Å². The number of halogens is 1. The van der Waals surface area contributed by atoms with Gasteiger partial charge in [0.05, 0.1) is 5.38 Å². The van der Waals surface area contributed by atoms with E-state index in [2.05, 4.69) is 10.3 Å². The molecule has 4 heteroatoms. The van der Waals surface area contributed by atoms with Gasteiger partial charge < -0.3 is 5.32 Å². The molecule has 1 amide bonds. The molecule has 1 atom stereocenters. The Labute approximate surface area is 94.9 Å². The fraction of sp³-hybridized carbons (Fsp3) is 0.455. The van der Waals surface area contributed by atoms with Crippen molar-refractivity contribution in [3.63, 3.8) is 0 Å². The maximum absolute atomic E-state index is 11.5. The van der Waals surface area contributed by atoms with E-state index in [4.69, 9.17) is 11.6 Å². The Morgan fingerprint density at radius 3 is 2.80 bits per heavy atom. The Kier molecular flexibility index (Phi) is 4.56.